The Morgan fingerprint density at radius 1 is 1.00 bits per heavy atom. The summed E-state index contributed by atoms with van der Waals surface area (Å²) >= 11 is 0. The predicted octanol–water partition coefficient (Wildman–Crippen LogP) is 2.87. The van der Waals surface area contributed by atoms with Crippen molar-refractivity contribution >= 4 is 11.7 Å². The summed E-state index contributed by atoms with van der Waals surface area (Å²) in [5, 5.41) is 0. The molecule has 2 atom stereocenters. The van der Waals surface area contributed by atoms with Crippen molar-refractivity contribution in [1.82, 2.24) is 14.9 Å². The Morgan fingerprint density at radius 2 is 1.83 bits per heavy atom. The second kappa shape index (κ2) is 7.08. The molecule has 24 heavy (non-hydrogen) atoms. The third kappa shape index (κ3) is 3.13. The zero-order chi connectivity index (χ0) is 16.4. The maximum Gasteiger partial charge on any atom is 0.227 e. The fraction of sp³-hybridized carbons (Fsp3) is 0.737. The van der Waals surface area contributed by atoms with Crippen LogP contribution in [0, 0.1) is 11.8 Å². The van der Waals surface area contributed by atoms with Crippen LogP contribution in [0.2, 0.25) is 0 Å². The molecule has 1 aliphatic carbocycles. The standard InChI is InChI=1S/C19H28N4O/c24-19(23-12-4-8-17(23)15-5-1-2-6-15)16-7-3-11-22(14-16)18-13-20-9-10-21-18/h9-10,13,15-17H,1-8,11-12,14H2. The molecule has 3 aliphatic rings. The summed E-state index contributed by atoms with van der Waals surface area (Å²) in [7, 11) is 0. The molecule has 3 fully saturated rings. The van der Waals surface area contributed by atoms with Crippen LogP contribution in [0.4, 0.5) is 5.82 Å². The van der Waals surface area contributed by atoms with E-state index in [4.69, 9.17) is 0 Å². The fourth-order valence-corrected chi connectivity index (χ4v) is 4.97. The molecule has 0 bridgehead atoms. The van der Waals surface area contributed by atoms with Gasteiger partial charge in [-0.15, -0.1) is 0 Å². The number of likely N-dealkylation sites (tertiary alicyclic amines) is 1. The minimum atomic E-state index is 0.128. The highest BCUT2D eigenvalue weighted by Crippen LogP contribution is 2.36. The highest BCUT2D eigenvalue weighted by molar-refractivity contribution is 5.80. The van der Waals surface area contributed by atoms with Crippen LogP contribution in [0.15, 0.2) is 18.6 Å². The van der Waals surface area contributed by atoms with Gasteiger partial charge in [-0.25, -0.2) is 4.98 Å². The van der Waals surface area contributed by atoms with Gasteiger partial charge >= 0.3 is 0 Å². The molecule has 5 heteroatoms. The average Bonchev–Trinajstić information content (AvgIpc) is 3.33. The van der Waals surface area contributed by atoms with E-state index < -0.39 is 0 Å². The molecule has 2 aliphatic heterocycles. The quantitative estimate of drug-likeness (QED) is 0.856. The molecule has 3 heterocycles. The number of hydrogen-bond donors (Lipinski definition) is 0. The summed E-state index contributed by atoms with van der Waals surface area (Å²) in [6, 6.07) is 0.520. The van der Waals surface area contributed by atoms with Crippen LogP contribution in [-0.4, -0.2) is 46.5 Å². The minimum absolute atomic E-state index is 0.128. The first-order valence-corrected chi connectivity index (χ1v) is 9.64. The van der Waals surface area contributed by atoms with Crippen LogP contribution in [-0.2, 0) is 4.79 Å². The second-order valence-corrected chi connectivity index (χ2v) is 7.63. The maximum atomic E-state index is 13.2. The second-order valence-electron chi connectivity index (χ2n) is 7.63. The summed E-state index contributed by atoms with van der Waals surface area (Å²) in [4.78, 5) is 26.3. The zero-order valence-corrected chi connectivity index (χ0v) is 14.4. The van der Waals surface area contributed by atoms with Crippen LogP contribution < -0.4 is 4.90 Å². The molecular formula is C19H28N4O. The first kappa shape index (κ1) is 15.9. The predicted molar refractivity (Wildman–Crippen MR) is 93.7 cm³/mol. The normalized spacial score (nSPS) is 28.5. The van der Waals surface area contributed by atoms with Crippen LogP contribution in [0.1, 0.15) is 51.4 Å². The molecule has 0 spiro atoms. The highest BCUT2D eigenvalue weighted by Gasteiger charge is 2.39. The SMILES string of the molecule is O=C(C1CCCN(c2cnccn2)C1)N1CCCC1C1CCCC1. The molecule has 4 rings (SSSR count). The van der Waals surface area contributed by atoms with Gasteiger partial charge in [0.25, 0.3) is 0 Å². The van der Waals surface area contributed by atoms with Gasteiger partial charge in [-0.05, 0) is 44.4 Å². The summed E-state index contributed by atoms with van der Waals surface area (Å²) in [6.07, 6.45) is 15.1. The molecule has 130 valence electrons. The molecular weight excluding hydrogens is 300 g/mol. The van der Waals surface area contributed by atoms with E-state index in [-0.39, 0.29) is 5.92 Å². The van der Waals surface area contributed by atoms with Gasteiger partial charge in [-0.2, -0.15) is 0 Å². The van der Waals surface area contributed by atoms with Crippen LogP contribution in [0.5, 0.6) is 0 Å². The van der Waals surface area contributed by atoms with Crippen molar-refractivity contribution in [3.63, 3.8) is 0 Å². The van der Waals surface area contributed by atoms with Gasteiger partial charge in [-0.1, -0.05) is 12.8 Å². The Hall–Kier alpha value is -1.65. The van der Waals surface area contributed by atoms with Crippen molar-refractivity contribution in [3.05, 3.63) is 18.6 Å². The number of piperidine rings is 1. The van der Waals surface area contributed by atoms with Gasteiger partial charge in [0.05, 0.1) is 12.1 Å². The van der Waals surface area contributed by atoms with Gasteiger partial charge in [0.2, 0.25) is 5.91 Å². The molecule has 1 amide bonds. The summed E-state index contributed by atoms with van der Waals surface area (Å²) in [5.41, 5.74) is 0. The lowest BCUT2D eigenvalue weighted by Crippen LogP contribution is -2.48. The first-order chi connectivity index (χ1) is 11.8. The van der Waals surface area contributed by atoms with E-state index in [1.165, 1.54) is 38.5 Å². The van der Waals surface area contributed by atoms with Crippen LogP contribution in [0.25, 0.3) is 0 Å². The minimum Gasteiger partial charge on any atom is -0.355 e. The Kier molecular flexibility index (Phi) is 4.67. The Labute approximate surface area is 144 Å². The lowest BCUT2D eigenvalue weighted by molar-refractivity contribution is -0.137. The van der Waals surface area contributed by atoms with Crippen LogP contribution >= 0.6 is 0 Å². The van der Waals surface area contributed by atoms with Crippen molar-refractivity contribution in [3.8, 4) is 0 Å². The topological polar surface area (TPSA) is 49.3 Å². The van der Waals surface area contributed by atoms with E-state index >= 15 is 0 Å². The Bertz CT molecular complexity index is 558. The third-order valence-corrected chi connectivity index (χ3v) is 6.17. The van der Waals surface area contributed by atoms with E-state index in [1.54, 1.807) is 12.4 Å². The molecule has 0 N–H and O–H groups in total. The highest BCUT2D eigenvalue weighted by atomic mass is 16.2. The molecule has 0 radical (unpaired) electrons. The monoisotopic (exact) mass is 328 g/mol. The summed E-state index contributed by atoms with van der Waals surface area (Å²) < 4.78 is 0. The number of amides is 1. The molecule has 5 nitrogen and oxygen atoms in total. The van der Waals surface area contributed by atoms with E-state index in [9.17, 15) is 4.79 Å². The first-order valence-electron chi connectivity index (χ1n) is 9.64. The van der Waals surface area contributed by atoms with Crippen molar-refractivity contribution in [2.75, 3.05) is 24.5 Å². The smallest absolute Gasteiger partial charge is 0.227 e. The molecule has 2 unspecified atom stereocenters. The lowest BCUT2D eigenvalue weighted by Gasteiger charge is -2.37. The third-order valence-electron chi connectivity index (χ3n) is 6.17. The van der Waals surface area contributed by atoms with E-state index in [1.807, 2.05) is 6.20 Å². The number of carbonyl (C=O) groups is 1. The fourth-order valence-electron chi connectivity index (χ4n) is 4.97. The number of nitrogens with zero attached hydrogens (tertiary/aromatic N) is 4. The summed E-state index contributed by atoms with van der Waals surface area (Å²) in [6.45, 7) is 2.75. The number of carbonyl (C=O) groups excluding carboxylic acids is 1. The van der Waals surface area contributed by atoms with Gasteiger partial charge in [0, 0.05) is 38.1 Å². The van der Waals surface area contributed by atoms with Gasteiger partial charge in [-0.3, -0.25) is 9.78 Å². The zero-order valence-electron chi connectivity index (χ0n) is 14.4. The number of aromatic nitrogens is 2. The van der Waals surface area contributed by atoms with E-state index in [2.05, 4.69) is 19.8 Å². The van der Waals surface area contributed by atoms with Gasteiger partial charge in [0.1, 0.15) is 5.82 Å². The molecule has 0 aromatic carbocycles. The molecule has 1 aromatic heterocycles. The van der Waals surface area contributed by atoms with Crippen molar-refractivity contribution in [2.24, 2.45) is 11.8 Å². The van der Waals surface area contributed by atoms with Crippen molar-refractivity contribution in [1.29, 1.82) is 0 Å². The van der Waals surface area contributed by atoms with Crippen LogP contribution in [0.3, 0.4) is 0 Å². The van der Waals surface area contributed by atoms with E-state index in [0.29, 0.717) is 11.9 Å². The molecule has 1 aromatic rings. The summed E-state index contributed by atoms with van der Waals surface area (Å²) in [5.74, 6) is 2.20. The molecule has 1 saturated carbocycles. The van der Waals surface area contributed by atoms with Crippen molar-refractivity contribution in [2.45, 2.75) is 57.4 Å². The van der Waals surface area contributed by atoms with Gasteiger partial charge < -0.3 is 9.80 Å². The lowest BCUT2D eigenvalue weighted by atomic mass is 9.92. The maximum absolute atomic E-state index is 13.2. The Morgan fingerprint density at radius 3 is 2.62 bits per heavy atom. The Balaban J connectivity index is 1.43. The number of rotatable bonds is 3. The largest absolute Gasteiger partial charge is 0.355 e. The van der Waals surface area contributed by atoms with Crippen molar-refractivity contribution < 1.29 is 4.79 Å². The number of anilines is 1. The van der Waals surface area contributed by atoms with Gasteiger partial charge in [0.15, 0.2) is 0 Å². The molecule has 2 saturated heterocycles. The average molecular weight is 328 g/mol. The van der Waals surface area contributed by atoms with E-state index in [0.717, 1.165) is 44.2 Å². The number of hydrogen-bond acceptors (Lipinski definition) is 4.